The highest BCUT2D eigenvalue weighted by Crippen LogP contribution is 2.52. The van der Waals surface area contributed by atoms with Crippen LogP contribution in [0.2, 0.25) is 0 Å². The van der Waals surface area contributed by atoms with Crippen LogP contribution in [0.3, 0.4) is 0 Å². The summed E-state index contributed by atoms with van der Waals surface area (Å²) in [5.41, 5.74) is 2.16. The average Bonchev–Trinajstić information content (AvgIpc) is 2.97. The number of aryl methyl sites for hydroxylation is 2. The van der Waals surface area contributed by atoms with E-state index in [9.17, 15) is 4.79 Å². The number of carbonyl (C=O) groups excluding carboxylic acids is 1. The first kappa shape index (κ1) is 13.8. The van der Waals surface area contributed by atoms with Crippen molar-refractivity contribution in [3.63, 3.8) is 0 Å². The second-order valence-corrected chi connectivity index (χ2v) is 9.70. The first-order valence-corrected chi connectivity index (χ1v) is 9.10. The van der Waals surface area contributed by atoms with Crippen LogP contribution in [0.4, 0.5) is 0 Å². The SMILES string of the molecule is CC1(C)C[C@@H]2C[C@@](C)(CN2C(=O)c2cc3c(s2)CCC3)C1. The number of thiophene rings is 1. The second kappa shape index (κ2) is 4.34. The Hall–Kier alpha value is -0.830. The van der Waals surface area contributed by atoms with Crippen molar-refractivity contribution in [3.8, 4) is 0 Å². The van der Waals surface area contributed by atoms with Crippen LogP contribution < -0.4 is 0 Å². The highest BCUT2D eigenvalue weighted by atomic mass is 32.1. The normalized spacial score (nSPS) is 33.3. The summed E-state index contributed by atoms with van der Waals surface area (Å²) in [6, 6.07) is 2.65. The molecule has 2 nitrogen and oxygen atoms in total. The van der Waals surface area contributed by atoms with Gasteiger partial charge < -0.3 is 4.90 Å². The van der Waals surface area contributed by atoms with Gasteiger partial charge in [-0.2, -0.15) is 0 Å². The lowest BCUT2D eigenvalue weighted by molar-refractivity contribution is 0.0713. The molecule has 1 amide bonds. The van der Waals surface area contributed by atoms with E-state index in [2.05, 4.69) is 31.7 Å². The van der Waals surface area contributed by atoms with E-state index in [1.165, 1.54) is 49.0 Å². The molecule has 0 unspecified atom stereocenters. The molecule has 114 valence electrons. The van der Waals surface area contributed by atoms with Gasteiger partial charge in [-0.25, -0.2) is 0 Å². The molecule has 4 rings (SSSR count). The molecule has 1 saturated carbocycles. The van der Waals surface area contributed by atoms with Gasteiger partial charge in [0.05, 0.1) is 4.88 Å². The van der Waals surface area contributed by atoms with Crippen molar-refractivity contribution in [1.82, 2.24) is 4.90 Å². The largest absolute Gasteiger partial charge is 0.334 e. The fourth-order valence-corrected chi connectivity index (χ4v) is 6.48. The third kappa shape index (κ3) is 2.25. The van der Waals surface area contributed by atoms with Gasteiger partial charge in [0, 0.05) is 17.5 Å². The Labute approximate surface area is 131 Å². The topological polar surface area (TPSA) is 20.3 Å². The van der Waals surface area contributed by atoms with Gasteiger partial charge in [-0.3, -0.25) is 4.79 Å². The molecular formula is C18H25NOS. The molecule has 2 aliphatic carbocycles. The Balaban J connectivity index is 1.60. The van der Waals surface area contributed by atoms with Crippen LogP contribution in [-0.4, -0.2) is 23.4 Å². The Morgan fingerprint density at radius 2 is 2.10 bits per heavy atom. The lowest BCUT2D eigenvalue weighted by Crippen LogP contribution is -2.37. The number of nitrogens with zero attached hydrogens (tertiary/aromatic N) is 1. The molecule has 1 aromatic heterocycles. The predicted octanol–water partition coefficient (Wildman–Crippen LogP) is 4.28. The Morgan fingerprint density at radius 1 is 1.29 bits per heavy atom. The van der Waals surface area contributed by atoms with Crippen LogP contribution in [0.1, 0.15) is 66.6 Å². The number of rotatable bonds is 1. The van der Waals surface area contributed by atoms with Crippen LogP contribution in [0.15, 0.2) is 6.07 Å². The van der Waals surface area contributed by atoms with Crippen molar-refractivity contribution in [2.75, 3.05) is 6.54 Å². The van der Waals surface area contributed by atoms with Gasteiger partial charge in [-0.05, 0) is 61.0 Å². The molecule has 21 heavy (non-hydrogen) atoms. The van der Waals surface area contributed by atoms with Crippen LogP contribution >= 0.6 is 11.3 Å². The summed E-state index contributed by atoms with van der Waals surface area (Å²) in [5, 5.41) is 0. The van der Waals surface area contributed by atoms with E-state index in [0.29, 0.717) is 22.8 Å². The maximum atomic E-state index is 13.0. The fraction of sp³-hybridized carbons (Fsp3) is 0.722. The Morgan fingerprint density at radius 3 is 2.86 bits per heavy atom. The number of carbonyl (C=O) groups is 1. The number of hydrogen-bond donors (Lipinski definition) is 0. The van der Waals surface area contributed by atoms with Gasteiger partial charge in [-0.15, -0.1) is 11.3 Å². The molecule has 0 aromatic carbocycles. The van der Waals surface area contributed by atoms with Gasteiger partial charge in [-0.1, -0.05) is 20.8 Å². The number of fused-ring (bicyclic) bond motifs is 3. The first-order chi connectivity index (χ1) is 9.85. The molecule has 2 bridgehead atoms. The summed E-state index contributed by atoms with van der Waals surface area (Å²) in [4.78, 5) is 17.6. The number of hydrogen-bond acceptors (Lipinski definition) is 2. The van der Waals surface area contributed by atoms with Crippen LogP contribution in [-0.2, 0) is 12.8 Å². The molecule has 2 heterocycles. The van der Waals surface area contributed by atoms with Gasteiger partial charge in [0.25, 0.3) is 5.91 Å². The molecule has 1 aliphatic heterocycles. The molecule has 3 aliphatic rings. The number of likely N-dealkylation sites (tertiary alicyclic amines) is 1. The van der Waals surface area contributed by atoms with E-state index >= 15 is 0 Å². The second-order valence-electron chi connectivity index (χ2n) is 8.56. The minimum atomic E-state index is 0.306. The van der Waals surface area contributed by atoms with Crippen molar-refractivity contribution < 1.29 is 4.79 Å². The summed E-state index contributed by atoms with van der Waals surface area (Å²) >= 11 is 1.76. The summed E-state index contributed by atoms with van der Waals surface area (Å²) in [6.45, 7) is 8.07. The van der Waals surface area contributed by atoms with E-state index in [0.717, 1.165) is 11.4 Å². The molecule has 2 fully saturated rings. The van der Waals surface area contributed by atoms with E-state index in [1.54, 1.807) is 11.3 Å². The molecule has 3 heteroatoms. The summed E-state index contributed by atoms with van der Waals surface area (Å²) in [6.07, 6.45) is 7.25. The van der Waals surface area contributed by atoms with Crippen molar-refractivity contribution in [3.05, 3.63) is 21.4 Å². The van der Waals surface area contributed by atoms with Crippen molar-refractivity contribution in [2.24, 2.45) is 10.8 Å². The average molecular weight is 303 g/mol. The summed E-state index contributed by atoms with van der Waals surface area (Å²) < 4.78 is 0. The molecular weight excluding hydrogens is 278 g/mol. The third-order valence-electron chi connectivity index (χ3n) is 5.63. The van der Waals surface area contributed by atoms with Crippen molar-refractivity contribution >= 4 is 17.2 Å². The van der Waals surface area contributed by atoms with E-state index in [4.69, 9.17) is 0 Å². The molecule has 0 spiro atoms. The zero-order chi connectivity index (χ0) is 14.8. The predicted molar refractivity (Wildman–Crippen MR) is 86.9 cm³/mol. The molecule has 2 atom stereocenters. The zero-order valence-corrected chi connectivity index (χ0v) is 14.2. The van der Waals surface area contributed by atoms with Crippen molar-refractivity contribution in [2.45, 2.75) is 65.3 Å². The van der Waals surface area contributed by atoms with Crippen LogP contribution in [0.25, 0.3) is 0 Å². The monoisotopic (exact) mass is 303 g/mol. The quantitative estimate of drug-likeness (QED) is 0.758. The van der Waals surface area contributed by atoms with Gasteiger partial charge in [0.1, 0.15) is 0 Å². The van der Waals surface area contributed by atoms with Gasteiger partial charge in [0.15, 0.2) is 0 Å². The Kier molecular flexibility index (Phi) is 2.86. The highest BCUT2D eigenvalue weighted by Gasteiger charge is 2.51. The zero-order valence-electron chi connectivity index (χ0n) is 13.4. The molecule has 0 N–H and O–H groups in total. The lowest BCUT2D eigenvalue weighted by Gasteiger charge is -2.39. The fourth-order valence-electron chi connectivity index (χ4n) is 5.27. The van der Waals surface area contributed by atoms with Gasteiger partial charge in [0.2, 0.25) is 0 Å². The minimum absolute atomic E-state index is 0.306. The smallest absolute Gasteiger partial charge is 0.264 e. The summed E-state index contributed by atoms with van der Waals surface area (Å²) in [5.74, 6) is 0.306. The Bertz CT molecular complexity index is 581. The van der Waals surface area contributed by atoms with Crippen molar-refractivity contribution in [1.29, 1.82) is 0 Å². The molecule has 0 radical (unpaired) electrons. The minimum Gasteiger partial charge on any atom is -0.334 e. The van der Waals surface area contributed by atoms with E-state index in [1.807, 2.05) is 0 Å². The molecule has 1 aromatic rings. The highest BCUT2D eigenvalue weighted by molar-refractivity contribution is 7.14. The molecule has 1 saturated heterocycles. The first-order valence-electron chi connectivity index (χ1n) is 8.28. The number of amides is 1. The van der Waals surface area contributed by atoms with Gasteiger partial charge >= 0.3 is 0 Å². The van der Waals surface area contributed by atoms with Crippen LogP contribution in [0, 0.1) is 10.8 Å². The van der Waals surface area contributed by atoms with E-state index < -0.39 is 0 Å². The summed E-state index contributed by atoms with van der Waals surface area (Å²) in [7, 11) is 0. The maximum Gasteiger partial charge on any atom is 0.264 e. The standard InChI is InChI=1S/C18H25NOS/c1-17(2)8-13-9-18(3,10-17)11-19(13)16(20)15-7-12-5-4-6-14(12)21-15/h7,13H,4-6,8-11H2,1-3H3/t13-,18-/m1/s1. The van der Waals surface area contributed by atoms with E-state index in [-0.39, 0.29) is 0 Å². The van der Waals surface area contributed by atoms with Crippen LogP contribution in [0.5, 0.6) is 0 Å². The maximum absolute atomic E-state index is 13.0. The third-order valence-corrected chi connectivity index (χ3v) is 6.86. The lowest BCUT2D eigenvalue weighted by atomic mass is 9.65.